The van der Waals surface area contributed by atoms with E-state index in [4.69, 9.17) is 11.6 Å². The Labute approximate surface area is 143 Å². The Kier molecular flexibility index (Phi) is 4.67. The Hall–Kier alpha value is -1.48. The van der Waals surface area contributed by atoms with Gasteiger partial charge in [0.2, 0.25) is 10.0 Å². The molecule has 3 rings (SSSR count). The molecule has 0 radical (unpaired) electrons. The Morgan fingerprint density at radius 2 is 2.22 bits per heavy atom. The lowest BCUT2D eigenvalue weighted by molar-refractivity contribution is 0.581. The number of sulfonamides is 1. The van der Waals surface area contributed by atoms with Gasteiger partial charge in [-0.05, 0) is 37.5 Å². The van der Waals surface area contributed by atoms with Gasteiger partial charge in [0.15, 0.2) is 5.65 Å². The molecule has 23 heavy (non-hydrogen) atoms. The van der Waals surface area contributed by atoms with Crippen LogP contribution in [0.25, 0.3) is 5.65 Å². The van der Waals surface area contributed by atoms with Crippen LogP contribution in [-0.4, -0.2) is 29.6 Å². The fourth-order valence-electron chi connectivity index (χ4n) is 2.18. The maximum atomic E-state index is 12.0. The minimum atomic E-state index is -3.47. The van der Waals surface area contributed by atoms with Crippen molar-refractivity contribution in [2.75, 3.05) is 6.54 Å². The molecular formula is C14H15ClN4O2S2. The van der Waals surface area contributed by atoms with E-state index in [-0.39, 0.29) is 4.21 Å². The molecular weight excluding hydrogens is 356 g/mol. The van der Waals surface area contributed by atoms with E-state index in [1.165, 1.54) is 6.07 Å². The lowest BCUT2D eigenvalue weighted by atomic mass is 10.2. The highest BCUT2D eigenvalue weighted by Crippen LogP contribution is 2.25. The predicted octanol–water partition coefficient (Wildman–Crippen LogP) is 2.66. The lowest BCUT2D eigenvalue weighted by Crippen LogP contribution is -2.24. The van der Waals surface area contributed by atoms with E-state index in [0.717, 1.165) is 34.7 Å². The van der Waals surface area contributed by atoms with Gasteiger partial charge < -0.3 is 0 Å². The number of hydrogen-bond donors (Lipinski definition) is 1. The first-order valence-corrected chi connectivity index (χ1v) is 9.68. The van der Waals surface area contributed by atoms with E-state index >= 15 is 0 Å². The van der Waals surface area contributed by atoms with Crippen molar-refractivity contribution in [3.05, 3.63) is 46.2 Å². The van der Waals surface area contributed by atoms with Crippen LogP contribution >= 0.6 is 22.9 Å². The van der Waals surface area contributed by atoms with Crippen molar-refractivity contribution in [2.45, 2.75) is 24.0 Å². The Balaban J connectivity index is 1.56. The minimum absolute atomic E-state index is 0.234. The van der Waals surface area contributed by atoms with E-state index in [2.05, 4.69) is 14.8 Å². The number of thiophene rings is 1. The molecule has 3 aromatic rings. The number of aromatic nitrogens is 3. The third-order valence-corrected chi connectivity index (χ3v) is 6.42. The SMILES string of the molecule is Cc1cc2ncc(CCCNS(=O)(=O)c3ccc(Cl)s3)cn2n1. The van der Waals surface area contributed by atoms with Crippen molar-refractivity contribution in [1.82, 2.24) is 19.3 Å². The molecule has 0 aliphatic carbocycles. The van der Waals surface area contributed by atoms with Gasteiger partial charge in [0, 0.05) is 25.0 Å². The maximum Gasteiger partial charge on any atom is 0.250 e. The summed E-state index contributed by atoms with van der Waals surface area (Å²) in [5.41, 5.74) is 2.73. The fraction of sp³-hybridized carbons (Fsp3) is 0.286. The number of nitrogens with zero attached hydrogens (tertiary/aromatic N) is 3. The largest absolute Gasteiger partial charge is 0.250 e. The summed E-state index contributed by atoms with van der Waals surface area (Å²) in [4.78, 5) is 4.33. The summed E-state index contributed by atoms with van der Waals surface area (Å²) in [6.07, 6.45) is 5.11. The molecule has 0 aliphatic rings. The summed E-state index contributed by atoms with van der Waals surface area (Å²) >= 11 is 6.81. The van der Waals surface area contributed by atoms with Gasteiger partial charge >= 0.3 is 0 Å². The fourth-order valence-corrected chi connectivity index (χ4v) is 4.78. The molecule has 9 heteroatoms. The van der Waals surface area contributed by atoms with Gasteiger partial charge in [-0.3, -0.25) is 0 Å². The summed E-state index contributed by atoms with van der Waals surface area (Å²) < 4.78 is 29.1. The molecule has 0 aliphatic heterocycles. The zero-order valence-corrected chi connectivity index (χ0v) is 14.7. The summed E-state index contributed by atoms with van der Waals surface area (Å²) in [5.74, 6) is 0. The van der Waals surface area contributed by atoms with Crippen LogP contribution in [0.15, 0.2) is 34.8 Å². The Morgan fingerprint density at radius 1 is 1.39 bits per heavy atom. The Morgan fingerprint density at radius 3 is 2.96 bits per heavy atom. The molecule has 0 amide bonds. The molecule has 6 nitrogen and oxygen atoms in total. The highest BCUT2D eigenvalue weighted by atomic mass is 35.5. The van der Waals surface area contributed by atoms with Crippen LogP contribution in [0.1, 0.15) is 17.7 Å². The van der Waals surface area contributed by atoms with Crippen molar-refractivity contribution >= 4 is 38.6 Å². The molecule has 0 bridgehead atoms. The molecule has 0 fully saturated rings. The topological polar surface area (TPSA) is 76.4 Å². The van der Waals surface area contributed by atoms with Crippen molar-refractivity contribution in [1.29, 1.82) is 0 Å². The van der Waals surface area contributed by atoms with Crippen molar-refractivity contribution in [3.63, 3.8) is 0 Å². The third-order valence-electron chi connectivity index (χ3n) is 3.24. The lowest BCUT2D eigenvalue weighted by Gasteiger charge is -2.05. The van der Waals surface area contributed by atoms with E-state index in [1.54, 1.807) is 16.8 Å². The second-order valence-electron chi connectivity index (χ2n) is 5.11. The van der Waals surface area contributed by atoms with Crippen LogP contribution in [0, 0.1) is 6.92 Å². The molecule has 3 aromatic heterocycles. The number of aryl methyl sites for hydroxylation is 2. The average molecular weight is 371 g/mol. The number of hydrogen-bond acceptors (Lipinski definition) is 5. The van der Waals surface area contributed by atoms with Gasteiger partial charge in [-0.2, -0.15) is 5.10 Å². The third kappa shape index (κ3) is 3.89. The highest BCUT2D eigenvalue weighted by Gasteiger charge is 2.15. The van der Waals surface area contributed by atoms with Crippen molar-refractivity contribution < 1.29 is 8.42 Å². The van der Waals surface area contributed by atoms with Crippen molar-refractivity contribution in [3.8, 4) is 0 Å². The van der Waals surface area contributed by atoms with Gasteiger partial charge in [-0.15, -0.1) is 11.3 Å². The molecule has 0 spiro atoms. The van der Waals surface area contributed by atoms with Crippen LogP contribution in [-0.2, 0) is 16.4 Å². The zero-order chi connectivity index (χ0) is 16.4. The van der Waals surface area contributed by atoms with Gasteiger partial charge in [0.1, 0.15) is 4.21 Å². The van der Waals surface area contributed by atoms with Gasteiger partial charge in [-0.1, -0.05) is 11.6 Å². The minimum Gasteiger partial charge on any atom is -0.237 e. The van der Waals surface area contributed by atoms with Crippen LogP contribution in [0.3, 0.4) is 0 Å². The molecule has 0 unspecified atom stereocenters. The van der Waals surface area contributed by atoms with E-state index in [1.807, 2.05) is 19.2 Å². The van der Waals surface area contributed by atoms with Gasteiger partial charge in [0.05, 0.1) is 10.0 Å². The van der Waals surface area contributed by atoms with Crippen LogP contribution in [0.4, 0.5) is 0 Å². The number of halogens is 1. The van der Waals surface area contributed by atoms with E-state index in [0.29, 0.717) is 17.3 Å². The van der Waals surface area contributed by atoms with Crippen LogP contribution < -0.4 is 4.72 Å². The first-order valence-electron chi connectivity index (χ1n) is 7.00. The second-order valence-corrected chi connectivity index (χ2v) is 8.82. The highest BCUT2D eigenvalue weighted by molar-refractivity contribution is 7.91. The average Bonchev–Trinajstić information content (AvgIpc) is 3.08. The maximum absolute atomic E-state index is 12.0. The van der Waals surface area contributed by atoms with Crippen molar-refractivity contribution in [2.24, 2.45) is 0 Å². The van der Waals surface area contributed by atoms with Crippen LogP contribution in [0.5, 0.6) is 0 Å². The quantitative estimate of drug-likeness (QED) is 0.677. The summed E-state index contributed by atoms with van der Waals surface area (Å²) in [6.45, 7) is 2.27. The number of fused-ring (bicyclic) bond motifs is 1. The number of nitrogens with one attached hydrogen (secondary N) is 1. The normalized spacial score (nSPS) is 12.1. The second kappa shape index (κ2) is 6.56. The predicted molar refractivity (Wildman–Crippen MR) is 90.6 cm³/mol. The zero-order valence-electron chi connectivity index (χ0n) is 12.4. The smallest absolute Gasteiger partial charge is 0.237 e. The van der Waals surface area contributed by atoms with Crippen LogP contribution in [0.2, 0.25) is 4.34 Å². The summed E-state index contributed by atoms with van der Waals surface area (Å²) in [6, 6.07) is 4.99. The van der Waals surface area contributed by atoms with E-state index < -0.39 is 10.0 Å². The molecule has 1 N–H and O–H groups in total. The molecule has 0 saturated carbocycles. The number of rotatable bonds is 6. The molecule has 122 valence electrons. The standard InChI is InChI=1S/C14H15ClN4O2S2/c1-10-7-13-16-8-11(9-19(13)18-10)3-2-6-17-23(20,21)14-5-4-12(15)22-14/h4-5,7-9,17H,2-3,6H2,1H3. The first-order chi connectivity index (χ1) is 10.9. The van der Waals surface area contributed by atoms with Gasteiger partial charge in [-0.25, -0.2) is 22.6 Å². The molecule has 0 aromatic carbocycles. The van der Waals surface area contributed by atoms with E-state index in [9.17, 15) is 8.42 Å². The first kappa shape index (κ1) is 16.4. The Bertz CT molecular complexity index is 933. The summed E-state index contributed by atoms with van der Waals surface area (Å²) in [7, 11) is -3.47. The molecule has 0 atom stereocenters. The monoisotopic (exact) mass is 370 g/mol. The molecule has 3 heterocycles. The van der Waals surface area contributed by atoms with Gasteiger partial charge in [0.25, 0.3) is 0 Å². The summed E-state index contributed by atoms with van der Waals surface area (Å²) in [5, 5.41) is 4.31. The molecule has 0 saturated heterocycles.